The number of carbonyl (C=O) groups excluding carboxylic acids is 3. The van der Waals surface area contributed by atoms with Crippen molar-refractivity contribution in [1.82, 2.24) is 29.7 Å². The minimum atomic E-state index is -4.41. The summed E-state index contributed by atoms with van der Waals surface area (Å²) in [6.45, 7) is 7.15. The molecular weight excluding hydrogens is 719 g/mol. The number of nitrogens with zero attached hydrogens (tertiary/aromatic N) is 6. The van der Waals surface area contributed by atoms with E-state index in [1.165, 1.54) is 24.6 Å². The van der Waals surface area contributed by atoms with E-state index >= 15 is 0 Å². The number of piperazine rings is 1. The molecule has 1 saturated heterocycles. The second kappa shape index (κ2) is 15.6. The molecule has 6 rings (SSSR count). The number of allylic oxidation sites excluding steroid dienone is 1. The maximum atomic E-state index is 14.4. The van der Waals surface area contributed by atoms with Crippen LogP contribution < -0.4 is 20.4 Å². The zero-order valence-electron chi connectivity index (χ0n) is 29.4. The van der Waals surface area contributed by atoms with Gasteiger partial charge < -0.3 is 39.2 Å². The van der Waals surface area contributed by atoms with Crippen LogP contribution in [-0.2, 0) is 33.7 Å². The van der Waals surface area contributed by atoms with Gasteiger partial charge in [-0.05, 0) is 24.8 Å². The lowest BCUT2D eigenvalue weighted by Crippen LogP contribution is -2.50. The van der Waals surface area contributed by atoms with Crippen LogP contribution in [-0.4, -0.2) is 113 Å². The predicted molar refractivity (Wildman–Crippen MR) is 190 cm³/mol. The third-order valence-corrected chi connectivity index (χ3v) is 10.6. The standard InChI is InChI=1S/C35H40F3N7O7S/c1-4-23-28(43-12-14-44(15-13-43)34(50)27-29(48)22-8-16-52-24(22)17-39-27)30(49)31-32(45(23)18-25(46)40-20(2)5-9-35(36,37)38)41-33(53-31)21-6-10-42(11-7-21)26(47)19-51-3/h6,17,48H,2,4-5,7-16,18-19H2,1,3H3,(H,40,46). The van der Waals surface area contributed by atoms with E-state index in [2.05, 4.69) is 16.9 Å². The Morgan fingerprint density at radius 2 is 1.89 bits per heavy atom. The van der Waals surface area contributed by atoms with E-state index in [4.69, 9.17) is 14.5 Å². The fourth-order valence-corrected chi connectivity index (χ4v) is 7.84. The quantitative estimate of drug-likeness (QED) is 0.297. The largest absolute Gasteiger partial charge is 0.505 e. The number of hydrogen-bond acceptors (Lipinski definition) is 11. The Hall–Kier alpha value is -4.97. The summed E-state index contributed by atoms with van der Waals surface area (Å²) >= 11 is 1.18. The summed E-state index contributed by atoms with van der Waals surface area (Å²) in [6.07, 6.45) is -1.46. The van der Waals surface area contributed by atoms with Gasteiger partial charge in [-0.25, -0.2) is 9.97 Å². The summed E-state index contributed by atoms with van der Waals surface area (Å²) in [5, 5.41) is 13.8. The molecule has 18 heteroatoms. The average molecular weight is 760 g/mol. The minimum Gasteiger partial charge on any atom is -0.505 e. The first-order chi connectivity index (χ1) is 25.3. The van der Waals surface area contributed by atoms with Gasteiger partial charge in [0.1, 0.15) is 34.3 Å². The molecule has 0 radical (unpaired) electrons. The highest BCUT2D eigenvalue weighted by Crippen LogP contribution is 2.36. The third kappa shape index (κ3) is 8.02. The van der Waals surface area contributed by atoms with E-state index in [-0.39, 0.29) is 73.5 Å². The van der Waals surface area contributed by atoms with Crippen molar-refractivity contribution in [2.75, 3.05) is 64.5 Å². The second-order valence-corrected chi connectivity index (χ2v) is 13.9. The van der Waals surface area contributed by atoms with Crippen LogP contribution in [0.4, 0.5) is 18.9 Å². The molecular formula is C35H40F3N7O7S. The number of methoxy groups -OCH3 is 1. The fraction of sp³-hybridized carbons (Fsp3) is 0.486. The van der Waals surface area contributed by atoms with Crippen LogP contribution >= 0.6 is 11.3 Å². The lowest BCUT2D eigenvalue weighted by molar-refractivity contribution is -0.135. The number of pyridine rings is 2. The van der Waals surface area contributed by atoms with Gasteiger partial charge >= 0.3 is 6.18 Å². The van der Waals surface area contributed by atoms with Gasteiger partial charge in [0.15, 0.2) is 17.1 Å². The summed E-state index contributed by atoms with van der Waals surface area (Å²) in [4.78, 5) is 67.6. The molecule has 6 heterocycles. The highest BCUT2D eigenvalue weighted by atomic mass is 32.1. The van der Waals surface area contributed by atoms with Gasteiger partial charge in [0.05, 0.1) is 12.8 Å². The molecule has 0 bridgehead atoms. The molecule has 1 fully saturated rings. The van der Waals surface area contributed by atoms with Crippen molar-refractivity contribution in [2.45, 2.75) is 51.7 Å². The van der Waals surface area contributed by atoms with Crippen molar-refractivity contribution in [2.24, 2.45) is 0 Å². The number of anilines is 1. The Labute approximate surface area is 306 Å². The molecule has 3 amide bonds. The zero-order chi connectivity index (χ0) is 38.0. The van der Waals surface area contributed by atoms with E-state index < -0.39 is 30.8 Å². The first-order valence-corrected chi connectivity index (χ1v) is 18.1. The lowest BCUT2D eigenvalue weighted by atomic mass is 10.1. The number of fused-ring (bicyclic) bond motifs is 2. The molecule has 0 unspecified atom stereocenters. The Morgan fingerprint density at radius 3 is 2.55 bits per heavy atom. The van der Waals surface area contributed by atoms with Crippen molar-refractivity contribution in [1.29, 1.82) is 0 Å². The average Bonchev–Trinajstić information content (AvgIpc) is 3.81. The van der Waals surface area contributed by atoms with Crippen LogP contribution in [0.1, 0.15) is 52.9 Å². The summed E-state index contributed by atoms with van der Waals surface area (Å²) in [6, 6.07) is 0. The number of ether oxygens (including phenoxy) is 2. The van der Waals surface area contributed by atoms with Crippen molar-refractivity contribution in [3.8, 4) is 11.5 Å². The number of nitrogens with one attached hydrogen (secondary N) is 1. The van der Waals surface area contributed by atoms with Crippen molar-refractivity contribution >= 4 is 50.7 Å². The van der Waals surface area contributed by atoms with Crippen molar-refractivity contribution < 1.29 is 42.1 Å². The number of thiazole rings is 1. The van der Waals surface area contributed by atoms with Crippen LogP contribution in [0.5, 0.6) is 11.5 Å². The summed E-state index contributed by atoms with van der Waals surface area (Å²) in [7, 11) is 1.45. The molecule has 0 aromatic carbocycles. The minimum absolute atomic E-state index is 0.0393. The predicted octanol–water partition coefficient (Wildman–Crippen LogP) is 3.25. The van der Waals surface area contributed by atoms with E-state index in [9.17, 15) is 37.5 Å². The number of rotatable bonds is 11. The molecule has 3 aliphatic rings. The van der Waals surface area contributed by atoms with Gasteiger partial charge in [0.2, 0.25) is 17.2 Å². The molecule has 14 nitrogen and oxygen atoms in total. The molecule has 3 aliphatic heterocycles. The van der Waals surface area contributed by atoms with E-state index in [1.54, 1.807) is 14.4 Å². The number of alkyl halides is 3. The number of carbonyl (C=O) groups is 3. The van der Waals surface area contributed by atoms with E-state index in [0.717, 1.165) is 5.57 Å². The number of amides is 3. The number of aromatic hydroxyl groups is 1. The van der Waals surface area contributed by atoms with Crippen LogP contribution in [0.3, 0.4) is 0 Å². The molecule has 0 atom stereocenters. The molecule has 284 valence electrons. The van der Waals surface area contributed by atoms with E-state index in [0.29, 0.717) is 71.4 Å². The highest BCUT2D eigenvalue weighted by molar-refractivity contribution is 7.19. The normalized spacial score (nSPS) is 16.0. The lowest BCUT2D eigenvalue weighted by Gasteiger charge is -2.37. The van der Waals surface area contributed by atoms with Crippen molar-refractivity contribution in [3.63, 3.8) is 0 Å². The summed E-state index contributed by atoms with van der Waals surface area (Å²) < 4.78 is 50.8. The summed E-state index contributed by atoms with van der Waals surface area (Å²) in [5.41, 5.74) is 2.05. The molecule has 3 aromatic rings. The molecule has 0 saturated carbocycles. The van der Waals surface area contributed by atoms with Crippen LogP contribution in [0, 0.1) is 0 Å². The second-order valence-electron chi connectivity index (χ2n) is 12.9. The monoisotopic (exact) mass is 759 g/mol. The molecule has 0 aliphatic carbocycles. The fourth-order valence-electron chi connectivity index (χ4n) is 6.76. The first kappa shape index (κ1) is 37.8. The SMILES string of the molecule is C=C(CCC(F)(F)F)NC(=O)Cn1c(CC)c(N2CCN(C(=O)c3ncc4c(c3O)CCO4)CC2)c(=O)c2sc(C3=CCN(C(=O)COC)CC3)nc21. The number of aromatic nitrogens is 3. The van der Waals surface area contributed by atoms with Crippen LogP contribution in [0.25, 0.3) is 15.9 Å². The topological polar surface area (TPSA) is 159 Å². The van der Waals surface area contributed by atoms with Gasteiger partial charge in [-0.1, -0.05) is 19.6 Å². The maximum Gasteiger partial charge on any atom is 0.389 e. The Bertz CT molecular complexity index is 2040. The highest BCUT2D eigenvalue weighted by Gasteiger charge is 2.32. The molecule has 3 aromatic heterocycles. The summed E-state index contributed by atoms with van der Waals surface area (Å²) in [5.74, 6) is -0.963. The Morgan fingerprint density at radius 1 is 1.13 bits per heavy atom. The smallest absolute Gasteiger partial charge is 0.389 e. The van der Waals surface area contributed by atoms with Gasteiger partial charge in [-0.2, -0.15) is 13.2 Å². The maximum absolute atomic E-state index is 14.4. The van der Waals surface area contributed by atoms with E-state index in [1.807, 2.05) is 17.9 Å². The molecule has 53 heavy (non-hydrogen) atoms. The van der Waals surface area contributed by atoms with Gasteiger partial charge in [0.25, 0.3) is 5.91 Å². The zero-order valence-corrected chi connectivity index (χ0v) is 30.2. The molecule has 0 spiro atoms. The van der Waals surface area contributed by atoms with Gasteiger partial charge in [-0.15, -0.1) is 11.3 Å². The van der Waals surface area contributed by atoms with Gasteiger partial charge in [-0.3, -0.25) is 19.2 Å². The van der Waals surface area contributed by atoms with Crippen molar-refractivity contribution in [3.05, 3.63) is 56.7 Å². The van der Waals surface area contributed by atoms with Crippen LogP contribution in [0.15, 0.2) is 29.3 Å². The number of hydrogen-bond donors (Lipinski definition) is 2. The Kier molecular flexibility index (Phi) is 11.1. The number of halogens is 3. The molecule has 2 N–H and O–H groups in total. The Balaban J connectivity index is 1.30. The van der Waals surface area contributed by atoms with Crippen LogP contribution in [0.2, 0.25) is 0 Å². The third-order valence-electron chi connectivity index (χ3n) is 9.47. The van der Waals surface area contributed by atoms with Gasteiger partial charge in [0, 0.05) is 76.2 Å². The first-order valence-electron chi connectivity index (χ1n) is 17.2.